The van der Waals surface area contributed by atoms with Crippen LogP contribution >= 0.6 is 27.5 Å². The van der Waals surface area contributed by atoms with Crippen molar-refractivity contribution >= 4 is 52.3 Å². The molecule has 1 saturated carbocycles. The van der Waals surface area contributed by atoms with E-state index in [4.69, 9.17) is 19.4 Å². The lowest BCUT2D eigenvalue weighted by atomic mass is 9.92. The first-order chi connectivity index (χ1) is 12.0. The predicted octanol–water partition coefficient (Wildman–Crippen LogP) is 3.51. The topological polar surface area (TPSA) is 38.1 Å². The van der Waals surface area contributed by atoms with E-state index in [1.807, 2.05) is 17.0 Å². The summed E-state index contributed by atoms with van der Waals surface area (Å²) in [5.41, 5.74) is 2.55. The molecule has 2 heterocycles. The first-order valence-electron chi connectivity index (χ1n) is 8.63. The van der Waals surface area contributed by atoms with Gasteiger partial charge in [-0.1, -0.05) is 46.0 Å². The summed E-state index contributed by atoms with van der Waals surface area (Å²) in [6.07, 6.45) is 5.77. The maximum absolute atomic E-state index is 13.2. The third-order valence-electron chi connectivity index (χ3n) is 5.14. The maximum atomic E-state index is 13.2. The summed E-state index contributed by atoms with van der Waals surface area (Å²) in [7, 11) is 6.23. The lowest BCUT2D eigenvalue weighted by Crippen LogP contribution is -2.33. The normalized spacial score (nSPS) is 17.6. The van der Waals surface area contributed by atoms with Crippen LogP contribution in [0.15, 0.2) is 27.6 Å². The van der Waals surface area contributed by atoms with E-state index < -0.39 is 0 Å². The highest BCUT2D eigenvalue weighted by molar-refractivity contribution is 9.10. The lowest BCUT2D eigenvalue weighted by molar-refractivity contribution is 0.419. The summed E-state index contributed by atoms with van der Waals surface area (Å²) in [6.45, 7) is 2.79. The second-order valence-electron chi connectivity index (χ2n) is 6.82. The van der Waals surface area contributed by atoms with Crippen LogP contribution in [0.4, 0.5) is 11.5 Å². The van der Waals surface area contributed by atoms with Crippen molar-refractivity contribution < 1.29 is 0 Å². The molecule has 1 aliphatic heterocycles. The third kappa shape index (κ3) is 3.04. The van der Waals surface area contributed by atoms with Gasteiger partial charge in [0.25, 0.3) is 5.56 Å². The number of rotatable bonds is 4. The van der Waals surface area contributed by atoms with Gasteiger partial charge in [0.05, 0.1) is 0 Å². The van der Waals surface area contributed by atoms with Gasteiger partial charge in [-0.2, -0.15) is 0 Å². The van der Waals surface area contributed by atoms with Crippen molar-refractivity contribution in [3.8, 4) is 0 Å². The van der Waals surface area contributed by atoms with E-state index in [1.165, 1.54) is 12.8 Å². The maximum Gasteiger partial charge on any atom is 0.294 e. The quantitative estimate of drug-likeness (QED) is 0.714. The van der Waals surface area contributed by atoms with Gasteiger partial charge in [-0.25, -0.2) is 4.98 Å². The van der Waals surface area contributed by atoms with Crippen LogP contribution in [0.3, 0.4) is 0 Å². The minimum atomic E-state index is -0.0849. The summed E-state index contributed by atoms with van der Waals surface area (Å²) in [5, 5.41) is 0.345. The predicted molar refractivity (Wildman–Crippen MR) is 106 cm³/mol. The molecule has 2 aromatic rings. The molecule has 0 amide bonds. The minimum absolute atomic E-state index is 0.0849. The molecule has 0 saturated heterocycles. The van der Waals surface area contributed by atoms with Crippen molar-refractivity contribution in [2.75, 3.05) is 11.4 Å². The van der Waals surface area contributed by atoms with Crippen LogP contribution in [0, 0.1) is 5.92 Å². The monoisotopic (exact) mass is 417 g/mol. The van der Waals surface area contributed by atoms with Gasteiger partial charge < -0.3 is 9.47 Å². The molecule has 0 spiro atoms. The van der Waals surface area contributed by atoms with Gasteiger partial charge in [0, 0.05) is 28.9 Å². The molecule has 4 nitrogen and oxygen atoms in total. The fraction of sp³-hybridized carbons (Fsp3) is 0.444. The Morgan fingerprint density at radius 2 is 2.20 bits per heavy atom. The van der Waals surface area contributed by atoms with E-state index in [0.29, 0.717) is 28.9 Å². The number of benzene rings is 1. The van der Waals surface area contributed by atoms with E-state index in [2.05, 4.69) is 27.8 Å². The molecule has 0 bridgehead atoms. The summed E-state index contributed by atoms with van der Waals surface area (Å²) >= 11 is 9.76. The van der Waals surface area contributed by atoms with Gasteiger partial charge in [0.2, 0.25) is 5.82 Å². The minimum Gasteiger partial charge on any atom is -0.322 e. The second kappa shape index (κ2) is 6.47. The molecular weight excluding hydrogens is 400 g/mol. The van der Waals surface area contributed by atoms with Crippen molar-refractivity contribution in [1.82, 2.24) is 9.55 Å². The molecule has 7 heteroatoms. The zero-order chi connectivity index (χ0) is 17.7. The molecule has 128 valence electrons. The average molecular weight is 419 g/mol. The molecule has 0 N–H and O–H groups in total. The van der Waals surface area contributed by atoms with Crippen molar-refractivity contribution in [3.05, 3.63) is 43.9 Å². The zero-order valence-electron chi connectivity index (χ0n) is 14.0. The highest BCUT2D eigenvalue weighted by atomic mass is 79.9. The lowest BCUT2D eigenvalue weighted by Gasteiger charge is -2.24. The highest BCUT2D eigenvalue weighted by Gasteiger charge is 2.34. The Morgan fingerprint density at radius 3 is 2.88 bits per heavy atom. The first-order valence-corrected chi connectivity index (χ1v) is 9.80. The van der Waals surface area contributed by atoms with E-state index in [1.54, 1.807) is 10.8 Å². The Bertz CT molecular complexity index is 897. The average Bonchev–Trinajstić information content (AvgIpc) is 3.30. The fourth-order valence-corrected chi connectivity index (χ4v) is 4.59. The van der Waals surface area contributed by atoms with E-state index in [-0.39, 0.29) is 11.6 Å². The van der Waals surface area contributed by atoms with Crippen LogP contribution in [-0.4, -0.2) is 23.9 Å². The standard InChI is InChI=1S/C18H18BBrClN3O/c1-2-14(10-3-4-10)24-9-15(21)22-17(18(24)25)23-6-5-11-7-12(20)8-13(19)16(11)23/h7-10,14H,2-6H2,1H3/t14-/m0/s1. The Labute approximate surface area is 161 Å². The number of nitrogens with zero attached hydrogens (tertiary/aromatic N) is 3. The molecule has 1 aromatic heterocycles. The third-order valence-corrected chi connectivity index (χ3v) is 5.78. The molecule has 1 aliphatic carbocycles. The smallest absolute Gasteiger partial charge is 0.294 e. The van der Waals surface area contributed by atoms with Crippen molar-refractivity contribution in [1.29, 1.82) is 0 Å². The van der Waals surface area contributed by atoms with Crippen molar-refractivity contribution in [2.24, 2.45) is 5.92 Å². The molecule has 25 heavy (non-hydrogen) atoms. The Balaban J connectivity index is 1.83. The highest BCUT2D eigenvalue weighted by Crippen LogP contribution is 2.41. The Morgan fingerprint density at radius 1 is 1.44 bits per heavy atom. The Kier molecular flexibility index (Phi) is 4.44. The van der Waals surface area contributed by atoms with Gasteiger partial charge >= 0.3 is 0 Å². The number of hydrogen-bond acceptors (Lipinski definition) is 3. The van der Waals surface area contributed by atoms with Crippen LogP contribution in [0.25, 0.3) is 0 Å². The van der Waals surface area contributed by atoms with Gasteiger partial charge in [-0.3, -0.25) is 4.79 Å². The number of aromatic nitrogens is 2. The van der Waals surface area contributed by atoms with Crippen molar-refractivity contribution in [2.45, 2.75) is 38.6 Å². The number of fused-ring (bicyclic) bond motifs is 1. The largest absolute Gasteiger partial charge is 0.322 e. The van der Waals surface area contributed by atoms with Crippen LogP contribution in [0.5, 0.6) is 0 Å². The van der Waals surface area contributed by atoms with Crippen LogP contribution in [-0.2, 0) is 6.42 Å². The zero-order valence-corrected chi connectivity index (χ0v) is 16.3. The second-order valence-corrected chi connectivity index (χ2v) is 8.12. The van der Waals surface area contributed by atoms with Crippen LogP contribution in [0.2, 0.25) is 5.15 Å². The number of anilines is 2. The molecule has 4 rings (SSSR count). The summed E-state index contributed by atoms with van der Waals surface area (Å²) in [4.78, 5) is 19.5. The van der Waals surface area contributed by atoms with E-state index >= 15 is 0 Å². The number of hydrogen-bond donors (Lipinski definition) is 0. The molecule has 0 unspecified atom stereocenters. The number of halogens is 2. The summed E-state index contributed by atoms with van der Waals surface area (Å²) < 4.78 is 2.73. The van der Waals surface area contributed by atoms with Gasteiger partial charge in [-0.15, -0.1) is 0 Å². The summed E-state index contributed by atoms with van der Waals surface area (Å²) in [6, 6.07) is 4.10. The van der Waals surface area contributed by atoms with Gasteiger partial charge in [0.1, 0.15) is 13.0 Å². The Hall–Kier alpha value is -1.27. The molecular formula is C18H18BBrClN3O. The molecule has 1 aromatic carbocycles. The van der Waals surface area contributed by atoms with E-state index in [9.17, 15) is 4.79 Å². The SMILES string of the molecule is [B]c1cc(Br)cc2c1N(c1nc(Cl)cn([C@@H](CC)C3CC3)c1=O)CC2. The summed E-state index contributed by atoms with van der Waals surface area (Å²) in [5.74, 6) is 0.945. The van der Waals surface area contributed by atoms with Crippen molar-refractivity contribution in [3.63, 3.8) is 0 Å². The molecule has 1 atom stereocenters. The molecule has 1 fully saturated rings. The molecule has 2 aliphatic rings. The fourth-order valence-electron chi connectivity index (χ4n) is 3.88. The first kappa shape index (κ1) is 17.2. The molecule has 2 radical (unpaired) electrons. The van der Waals surface area contributed by atoms with Crippen LogP contribution < -0.4 is 15.9 Å². The van der Waals surface area contributed by atoms with E-state index in [0.717, 1.165) is 28.6 Å². The van der Waals surface area contributed by atoms with Crippen LogP contribution in [0.1, 0.15) is 37.8 Å². The van der Waals surface area contributed by atoms with Gasteiger partial charge in [0.15, 0.2) is 0 Å². The van der Waals surface area contributed by atoms with Gasteiger partial charge in [-0.05, 0) is 43.2 Å².